The van der Waals surface area contributed by atoms with Gasteiger partial charge in [-0.15, -0.1) is 0 Å². The minimum Gasteiger partial charge on any atom is -0.497 e. The fraction of sp³-hybridized carbons (Fsp3) is 0.368. The van der Waals surface area contributed by atoms with Crippen molar-refractivity contribution in [2.45, 2.75) is 18.4 Å². The lowest BCUT2D eigenvalue weighted by Crippen LogP contribution is -2.46. The van der Waals surface area contributed by atoms with E-state index >= 15 is 0 Å². The Hall–Kier alpha value is -1.91. The van der Waals surface area contributed by atoms with Crippen molar-refractivity contribution in [1.29, 1.82) is 0 Å². The number of hydrogen-bond acceptors (Lipinski definition) is 4. The lowest BCUT2D eigenvalue weighted by Gasteiger charge is -2.38. The first kappa shape index (κ1) is 16.9. The second kappa shape index (κ2) is 7.32. The largest absolute Gasteiger partial charge is 0.497 e. The number of halogens is 1. The number of hydrogen-bond donors (Lipinski definition) is 1. The van der Waals surface area contributed by atoms with Gasteiger partial charge < -0.3 is 20.1 Å². The molecule has 0 saturated carbocycles. The molecule has 0 spiro atoms. The first-order valence-corrected chi connectivity index (χ1v) is 8.46. The third kappa shape index (κ3) is 3.77. The predicted octanol–water partition coefficient (Wildman–Crippen LogP) is 3.68. The molecule has 1 aliphatic heterocycles. The van der Waals surface area contributed by atoms with Gasteiger partial charge in [0.15, 0.2) is 0 Å². The van der Waals surface area contributed by atoms with E-state index in [9.17, 15) is 0 Å². The van der Waals surface area contributed by atoms with E-state index in [-0.39, 0.29) is 6.04 Å². The molecule has 2 atom stereocenters. The standard InChI is InChI=1S/C19H23ClN2O2/c1-23-18-8-17(9-19(10-18)24-2)22-11-14(7-16(21)12-22)13-4-3-5-15(20)6-13/h3-6,8-10,14,16H,7,11-12,21H2,1-2H3. The fourth-order valence-corrected chi connectivity index (χ4v) is 3.52. The number of anilines is 1. The van der Waals surface area contributed by atoms with Crippen molar-refractivity contribution >= 4 is 17.3 Å². The molecule has 3 rings (SSSR count). The van der Waals surface area contributed by atoms with Crippen molar-refractivity contribution in [1.82, 2.24) is 0 Å². The first-order chi connectivity index (χ1) is 11.6. The van der Waals surface area contributed by atoms with Crippen molar-refractivity contribution in [2.75, 3.05) is 32.2 Å². The molecule has 2 N–H and O–H groups in total. The molecule has 1 saturated heterocycles. The average Bonchev–Trinajstić information content (AvgIpc) is 2.60. The Morgan fingerprint density at radius 3 is 2.38 bits per heavy atom. The van der Waals surface area contributed by atoms with Crippen LogP contribution in [-0.2, 0) is 0 Å². The Bertz CT molecular complexity index is 685. The summed E-state index contributed by atoms with van der Waals surface area (Å²) in [4.78, 5) is 2.30. The molecule has 0 bridgehead atoms. The molecule has 2 aromatic rings. The van der Waals surface area contributed by atoms with E-state index in [1.807, 2.05) is 36.4 Å². The van der Waals surface area contributed by atoms with E-state index in [4.69, 9.17) is 26.8 Å². The number of nitrogens with two attached hydrogens (primary N) is 1. The highest BCUT2D eigenvalue weighted by Gasteiger charge is 2.27. The van der Waals surface area contributed by atoms with Crippen LogP contribution in [0.15, 0.2) is 42.5 Å². The Kier molecular flexibility index (Phi) is 5.17. The van der Waals surface area contributed by atoms with E-state index in [0.717, 1.165) is 41.7 Å². The van der Waals surface area contributed by atoms with Gasteiger partial charge in [-0.25, -0.2) is 0 Å². The third-order valence-electron chi connectivity index (χ3n) is 4.50. The van der Waals surface area contributed by atoms with Crippen molar-refractivity contribution < 1.29 is 9.47 Å². The van der Waals surface area contributed by atoms with Gasteiger partial charge in [-0.1, -0.05) is 23.7 Å². The summed E-state index contributed by atoms with van der Waals surface area (Å²) in [5.74, 6) is 1.91. The van der Waals surface area contributed by atoms with Crippen LogP contribution in [0.5, 0.6) is 11.5 Å². The van der Waals surface area contributed by atoms with Crippen molar-refractivity contribution in [2.24, 2.45) is 5.73 Å². The normalized spacial score (nSPS) is 20.8. The zero-order valence-corrected chi connectivity index (χ0v) is 14.8. The number of piperidine rings is 1. The monoisotopic (exact) mass is 346 g/mol. The number of benzene rings is 2. The summed E-state index contributed by atoms with van der Waals surface area (Å²) in [6.45, 7) is 1.71. The minimum atomic E-state index is 0.111. The average molecular weight is 347 g/mol. The van der Waals surface area contributed by atoms with E-state index < -0.39 is 0 Å². The van der Waals surface area contributed by atoms with Gasteiger partial charge in [0.1, 0.15) is 11.5 Å². The maximum atomic E-state index is 6.33. The van der Waals surface area contributed by atoms with Crippen LogP contribution in [-0.4, -0.2) is 33.4 Å². The molecule has 128 valence electrons. The second-order valence-corrected chi connectivity index (χ2v) is 6.66. The Morgan fingerprint density at radius 2 is 1.75 bits per heavy atom. The Labute approximate surface area is 148 Å². The molecule has 0 amide bonds. The van der Waals surface area contributed by atoms with Gasteiger partial charge in [-0.3, -0.25) is 0 Å². The molecule has 5 heteroatoms. The van der Waals surface area contributed by atoms with E-state index in [0.29, 0.717) is 5.92 Å². The first-order valence-electron chi connectivity index (χ1n) is 8.08. The molecule has 1 heterocycles. The summed E-state index contributed by atoms with van der Waals surface area (Å²) < 4.78 is 10.8. The number of ether oxygens (including phenoxy) is 2. The summed E-state index contributed by atoms with van der Waals surface area (Å²) in [7, 11) is 3.32. The zero-order valence-electron chi connectivity index (χ0n) is 14.0. The molecule has 2 unspecified atom stereocenters. The van der Waals surface area contributed by atoms with Crippen molar-refractivity contribution in [3.05, 3.63) is 53.1 Å². The lowest BCUT2D eigenvalue weighted by atomic mass is 9.88. The highest BCUT2D eigenvalue weighted by atomic mass is 35.5. The highest BCUT2D eigenvalue weighted by molar-refractivity contribution is 6.30. The summed E-state index contributed by atoms with van der Waals surface area (Å²) in [5, 5.41) is 0.765. The van der Waals surface area contributed by atoms with Crippen LogP contribution in [0.1, 0.15) is 17.9 Å². The van der Waals surface area contributed by atoms with Crippen LogP contribution >= 0.6 is 11.6 Å². The third-order valence-corrected chi connectivity index (χ3v) is 4.74. The zero-order chi connectivity index (χ0) is 17.1. The van der Waals surface area contributed by atoms with E-state index in [2.05, 4.69) is 11.0 Å². The van der Waals surface area contributed by atoms with Gasteiger partial charge in [0.05, 0.1) is 14.2 Å². The topological polar surface area (TPSA) is 47.7 Å². The van der Waals surface area contributed by atoms with E-state index in [1.54, 1.807) is 14.2 Å². The molecular formula is C19H23ClN2O2. The van der Waals surface area contributed by atoms with Crippen molar-refractivity contribution in [3.63, 3.8) is 0 Å². The molecule has 1 aliphatic rings. The van der Waals surface area contributed by atoms with Crippen molar-refractivity contribution in [3.8, 4) is 11.5 Å². The van der Waals surface area contributed by atoms with Crippen LogP contribution in [0.4, 0.5) is 5.69 Å². The van der Waals surface area contributed by atoms with Crippen LogP contribution in [0, 0.1) is 0 Å². The molecule has 0 radical (unpaired) electrons. The molecule has 24 heavy (non-hydrogen) atoms. The SMILES string of the molecule is COc1cc(OC)cc(N2CC(N)CC(c3cccc(Cl)c3)C2)c1. The van der Waals surface area contributed by atoms with Gasteiger partial charge in [-0.2, -0.15) is 0 Å². The fourth-order valence-electron chi connectivity index (χ4n) is 3.33. The van der Waals surface area contributed by atoms with Gasteiger partial charge in [0, 0.05) is 54.0 Å². The van der Waals surface area contributed by atoms with Gasteiger partial charge >= 0.3 is 0 Å². The second-order valence-electron chi connectivity index (χ2n) is 6.22. The Balaban J connectivity index is 1.88. The summed E-state index contributed by atoms with van der Waals surface area (Å²) in [5.41, 5.74) is 8.63. The van der Waals surface area contributed by atoms with Crippen LogP contribution < -0.4 is 20.1 Å². The molecule has 1 fully saturated rings. The Morgan fingerprint density at radius 1 is 1.04 bits per heavy atom. The van der Waals surface area contributed by atoms with Gasteiger partial charge in [0.25, 0.3) is 0 Å². The molecular weight excluding hydrogens is 324 g/mol. The summed E-state index contributed by atoms with van der Waals surface area (Å²) in [6.07, 6.45) is 0.956. The van der Waals surface area contributed by atoms with E-state index in [1.165, 1.54) is 5.56 Å². The smallest absolute Gasteiger partial charge is 0.124 e. The number of methoxy groups -OCH3 is 2. The summed E-state index contributed by atoms with van der Waals surface area (Å²) in [6, 6.07) is 14.1. The van der Waals surface area contributed by atoms with Crippen LogP contribution in [0.25, 0.3) is 0 Å². The highest BCUT2D eigenvalue weighted by Crippen LogP contribution is 2.34. The molecule has 2 aromatic carbocycles. The predicted molar refractivity (Wildman–Crippen MR) is 98.5 cm³/mol. The quantitative estimate of drug-likeness (QED) is 0.917. The molecule has 4 nitrogen and oxygen atoms in total. The number of nitrogens with zero attached hydrogens (tertiary/aromatic N) is 1. The molecule has 0 aliphatic carbocycles. The maximum absolute atomic E-state index is 6.33. The lowest BCUT2D eigenvalue weighted by molar-refractivity contribution is 0.393. The van der Waals surface area contributed by atoms with Crippen LogP contribution in [0.2, 0.25) is 5.02 Å². The minimum absolute atomic E-state index is 0.111. The molecule has 0 aromatic heterocycles. The van der Waals surface area contributed by atoms with Crippen LogP contribution in [0.3, 0.4) is 0 Å². The maximum Gasteiger partial charge on any atom is 0.124 e. The van der Waals surface area contributed by atoms with Gasteiger partial charge in [0.2, 0.25) is 0 Å². The van der Waals surface area contributed by atoms with Gasteiger partial charge in [-0.05, 0) is 24.1 Å². The summed E-state index contributed by atoms with van der Waals surface area (Å²) >= 11 is 6.16. The number of rotatable bonds is 4.